The van der Waals surface area contributed by atoms with E-state index < -0.39 is 17.2 Å². The molecule has 5 aliphatic carbocycles. The number of hydrogen-bond acceptors (Lipinski definition) is 7. The standard InChI is InChI=1S/C43H48FNO6/c1-27-31-13-14-34-41(4,32(31)24-33(46)37(27)48)18-20-43(6)35-25-40(3,16-15-39(35,2)17-19-42(34,43)5)38(49)51-22-8-7-21-50-36(47)23-29(26-45)28-9-11-30(44)12-10-28/h7-14,23-24,35,48H,15-22,25H2,1-6H3/b8-7+,29-23+/t35-,39-,40-,41+,42-,43+/m1/s1. The number of rotatable bonds is 7. The Hall–Kier alpha value is -4.51. The highest BCUT2D eigenvalue weighted by Crippen LogP contribution is 2.75. The van der Waals surface area contributed by atoms with Crippen LogP contribution in [0.3, 0.4) is 0 Å². The number of hydrogen-bond donors (Lipinski definition) is 1. The Kier molecular flexibility index (Phi) is 9.19. The van der Waals surface area contributed by atoms with Crippen molar-refractivity contribution in [2.24, 2.45) is 33.0 Å². The molecule has 0 radical (unpaired) electrons. The first-order valence-corrected chi connectivity index (χ1v) is 18.0. The second-order valence-corrected chi connectivity index (χ2v) is 16.5. The van der Waals surface area contributed by atoms with Crippen LogP contribution in [0.2, 0.25) is 0 Å². The summed E-state index contributed by atoms with van der Waals surface area (Å²) in [5, 5.41) is 19.8. The molecule has 1 N–H and O–H groups in total. The lowest BCUT2D eigenvalue weighted by Crippen LogP contribution is -2.62. The van der Waals surface area contributed by atoms with E-state index in [-0.39, 0.29) is 63.9 Å². The SMILES string of the molecule is CC1=C(O)C(=O)C=C2C1=CC=C1[C@@]2(C)CC[C@@]2(C)[C@@H]3C[C@](C)(C(=O)OC/C=C/COC(=O)/C=C(\C#N)c4ccc(F)cc4)CC[C@]3(C)CC[C@]12C. The Morgan fingerprint density at radius 1 is 0.961 bits per heavy atom. The smallest absolute Gasteiger partial charge is 0.332 e. The molecular weight excluding hydrogens is 645 g/mol. The number of ketones is 1. The molecule has 7 nitrogen and oxygen atoms in total. The average molecular weight is 694 g/mol. The van der Waals surface area contributed by atoms with E-state index in [1.807, 2.05) is 19.9 Å². The van der Waals surface area contributed by atoms with Crippen molar-refractivity contribution in [1.29, 1.82) is 5.26 Å². The molecule has 0 saturated heterocycles. The van der Waals surface area contributed by atoms with Gasteiger partial charge in [-0.25, -0.2) is 9.18 Å². The lowest BCUT2D eigenvalue weighted by molar-refractivity contribution is -0.181. The second kappa shape index (κ2) is 12.9. The lowest BCUT2D eigenvalue weighted by Gasteiger charge is -2.70. The van der Waals surface area contributed by atoms with E-state index in [9.17, 15) is 29.1 Å². The second-order valence-electron chi connectivity index (χ2n) is 16.5. The zero-order valence-corrected chi connectivity index (χ0v) is 30.5. The molecule has 0 aromatic heterocycles. The first-order valence-electron chi connectivity index (χ1n) is 18.0. The Morgan fingerprint density at radius 2 is 1.63 bits per heavy atom. The molecule has 0 spiro atoms. The first kappa shape index (κ1) is 36.3. The van der Waals surface area contributed by atoms with Crippen LogP contribution in [-0.2, 0) is 23.9 Å². The molecule has 3 fully saturated rings. The predicted molar refractivity (Wildman–Crippen MR) is 192 cm³/mol. The summed E-state index contributed by atoms with van der Waals surface area (Å²) in [4.78, 5) is 38.8. The molecule has 6 rings (SSSR count). The molecule has 3 saturated carbocycles. The van der Waals surface area contributed by atoms with Crippen LogP contribution in [0.5, 0.6) is 0 Å². The quantitative estimate of drug-likeness (QED) is 0.131. The van der Waals surface area contributed by atoms with Crippen LogP contribution in [0.25, 0.3) is 5.57 Å². The Bertz CT molecular complexity index is 1910. The van der Waals surface area contributed by atoms with Gasteiger partial charge in [0.05, 0.1) is 11.0 Å². The van der Waals surface area contributed by atoms with Crippen molar-refractivity contribution in [2.75, 3.05) is 13.2 Å². The van der Waals surface area contributed by atoms with Crippen LogP contribution >= 0.6 is 0 Å². The molecule has 51 heavy (non-hydrogen) atoms. The Balaban J connectivity index is 1.12. The number of carbonyl (C=O) groups is 3. The third-order valence-corrected chi connectivity index (χ3v) is 13.7. The summed E-state index contributed by atoms with van der Waals surface area (Å²) >= 11 is 0. The summed E-state index contributed by atoms with van der Waals surface area (Å²) in [5.41, 5.74) is 3.39. The summed E-state index contributed by atoms with van der Waals surface area (Å²) < 4.78 is 24.2. The molecule has 8 heteroatoms. The number of nitriles is 1. The molecule has 0 aliphatic heterocycles. The van der Waals surface area contributed by atoms with Gasteiger partial charge in [0.25, 0.3) is 0 Å². The largest absolute Gasteiger partial charge is 0.504 e. The highest BCUT2D eigenvalue weighted by Gasteiger charge is 2.67. The average Bonchev–Trinajstić information content (AvgIpc) is 3.10. The Labute approximate surface area is 300 Å². The van der Waals surface area contributed by atoms with E-state index in [2.05, 4.69) is 39.8 Å². The van der Waals surface area contributed by atoms with Gasteiger partial charge in [0.2, 0.25) is 5.78 Å². The van der Waals surface area contributed by atoms with Crippen molar-refractivity contribution >= 4 is 23.3 Å². The molecule has 5 aliphatic rings. The summed E-state index contributed by atoms with van der Waals surface area (Å²) in [6.07, 6.45) is 16.7. The fourth-order valence-electron chi connectivity index (χ4n) is 10.2. The molecular formula is C43H48FNO6. The number of fused-ring (bicyclic) bond motifs is 7. The number of benzene rings is 1. The molecule has 6 atom stereocenters. The Morgan fingerprint density at radius 3 is 2.31 bits per heavy atom. The van der Waals surface area contributed by atoms with Gasteiger partial charge in [0.1, 0.15) is 25.1 Å². The van der Waals surface area contributed by atoms with E-state index in [0.717, 1.165) is 62.2 Å². The third kappa shape index (κ3) is 5.93. The van der Waals surface area contributed by atoms with Gasteiger partial charge in [-0.15, -0.1) is 0 Å². The number of carbonyl (C=O) groups excluding carboxylic acids is 3. The topological polar surface area (TPSA) is 114 Å². The van der Waals surface area contributed by atoms with Crippen LogP contribution in [-0.4, -0.2) is 36.0 Å². The van der Waals surface area contributed by atoms with E-state index in [1.54, 1.807) is 18.2 Å². The predicted octanol–water partition coefficient (Wildman–Crippen LogP) is 9.00. The molecule has 0 heterocycles. The number of ether oxygens (including phenoxy) is 2. The van der Waals surface area contributed by atoms with Crippen LogP contribution in [0.1, 0.15) is 92.1 Å². The molecule has 268 valence electrons. The normalized spacial score (nSPS) is 34.5. The number of nitrogens with zero attached hydrogens (tertiary/aromatic N) is 1. The number of allylic oxidation sites excluding steroid dienone is 8. The van der Waals surface area contributed by atoms with Gasteiger partial charge >= 0.3 is 11.9 Å². The highest BCUT2D eigenvalue weighted by molar-refractivity contribution is 6.06. The number of aliphatic hydroxyl groups is 1. The minimum Gasteiger partial charge on any atom is -0.504 e. The maximum Gasteiger partial charge on any atom is 0.332 e. The number of aliphatic hydroxyl groups excluding tert-OH is 1. The summed E-state index contributed by atoms with van der Waals surface area (Å²) in [5.74, 6) is -1.57. The molecule has 1 aromatic rings. The molecule has 0 unspecified atom stereocenters. The minimum atomic E-state index is -0.707. The third-order valence-electron chi connectivity index (χ3n) is 13.7. The summed E-state index contributed by atoms with van der Waals surface area (Å²) in [6, 6.07) is 7.20. The van der Waals surface area contributed by atoms with Crippen molar-refractivity contribution in [3.63, 3.8) is 0 Å². The number of esters is 2. The first-order chi connectivity index (χ1) is 24.0. The van der Waals surface area contributed by atoms with Crippen LogP contribution in [0.4, 0.5) is 4.39 Å². The van der Waals surface area contributed by atoms with Crippen LogP contribution in [0.15, 0.2) is 88.8 Å². The van der Waals surface area contributed by atoms with Gasteiger partial charge < -0.3 is 14.6 Å². The van der Waals surface area contributed by atoms with Crippen LogP contribution in [0, 0.1) is 50.1 Å². The number of halogens is 1. The van der Waals surface area contributed by atoms with Gasteiger partial charge in [-0.1, -0.05) is 57.6 Å². The maximum atomic E-state index is 13.7. The van der Waals surface area contributed by atoms with Gasteiger partial charge in [0, 0.05) is 17.1 Å². The fourth-order valence-corrected chi connectivity index (χ4v) is 10.2. The van der Waals surface area contributed by atoms with Crippen molar-refractivity contribution < 1.29 is 33.4 Å². The fraction of sp³-hybridized carbons (Fsp3) is 0.488. The van der Waals surface area contributed by atoms with Crippen molar-refractivity contribution in [3.05, 3.63) is 100 Å². The summed E-state index contributed by atoms with van der Waals surface area (Å²) in [7, 11) is 0. The van der Waals surface area contributed by atoms with Gasteiger partial charge in [-0.3, -0.25) is 9.59 Å². The zero-order chi connectivity index (χ0) is 37.0. The molecule has 0 bridgehead atoms. The highest BCUT2D eigenvalue weighted by atomic mass is 19.1. The van der Waals surface area contributed by atoms with Gasteiger partial charge in [0.15, 0.2) is 5.76 Å². The van der Waals surface area contributed by atoms with Crippen molar-refractivity contribution in [2.45, 2.75) is 86.5 Å². The lowest BCUT2D eigenvalue weighted by atomic mass is 9.34. The molecule has 0 amide bonds. The molecule has 1 aromatic carbocycles. The van der Waals surface area contributed by atoms with E-state index in [0.29, 0.717) is 11.1 Å². The van der Waals surface area contributed by atoms with Crippen molar-refractivity contribution in [3.8, 4) is 6.07 Å². The van der Waals surface area contributed by atoms with Gasteiger partial charge in [-0.05, 0) is 128 Å². The zero-order valence-electron chi connectivity index (χ0n) is 30.5. The van der Waals surface area contributed by atoms with E-state index in [1.165, 1.54) is 29.8 Å². The van der Waals surface area contributed by atoms with Gasteiger partial charge in [-0.2, -0.15) is 5.26 Å². The maximum absolute atomic E-state index is 13.7. The van der Waals surface area contributed by atoms with E-state index in [4.69, 9.17) is 9.47 Å². The van der Waals surface area contributed by atoms with Crippen LogP contribution < -0.4 is 0 Å². The van der Waals surface area contributed by atoms with Crippen molar-refractivity contribution in [1.82, 2.24) is 0 Å². The van der Waals surface area contributed by atoms with E-state index >= 15 is 0 Å². The summed E-state index contributed by atoms with van der Waals surface area (Å²) in [6.45, 7) is 13.4. The minimum absolute atomic E-state index is 0.0505. The monoisotopic (exact) mass is 693 g/mol.